The third-order valence-corrected chi connectivity index (χ3v) is 1.30. The zero-order valence-electron chi connectivity index (χ0n) is 6.27. The second-order valence-corrected chi connectivity index (χ2v) is 2.54. The lowest BCUT2D eigenvalue weighted by Crippen LogP contribution is -2.41. The van der Waals surface area contributed by atoms with Crippen LogP contribution < -0.4 is 5.32 Å². The van der Waals surface area contributed by atoms with Gasteiger partial charge in [-0.05, 0) is 18.0 Å². The predicted octanol–water partition coefficient (Wildman–Crippen LogP) is 1.24. The largest absolute Gasteiger partial charge is 0.399 e. The van der Waals surface area contributed by atoms with Gasteiger partial charge in [0.1, 0.15) is 6.04 Å². The van der Waals surface area contributed by atoms with Gasteiger partial charge in [-0.3, -0.25) is 4.79 Å². The van der Waals surface area contributed by atoms with Crippen LogP contribution in [-0.2, 0) is 4.79 Å². The van der Waals surface area contributed by atoms with Gasteiger partial charge in [0.05, 0.1) is 6.07 Å². The van der Waals surface area contributed by atoms with E-state index in [1.54, 1.807) is 18.3 Å². The van der Waals surface area contributed by atoms with Gasteiger partial charge in [0.25, 0.3) is 0 Å². The van der Waals surface area contributed by atoms with Crippen molar-refractivity contribution in [2.24, 2.45) is 0 Å². The number of nitriles is 1. The lowest BCUT2D eigenvalue weighted by Gasteiger charge is -2.11. The van der Waals surface area contributed by atoms with Crippen molar-refractivity contribution in [2.45, 2.75) is 24.8 Å². The van der Waals surface area contributed by atoms with Gasteiger partial charge < -0.3 is 5.32 Å². The predicted molar refractivity (Wildman–Crippen MR) is 38.6 cm³/mol. The maximum atomic E-state index is 12.0. The van der Waals surface area contributed by atoms with Crippen molar-refractivity contribution in [3.05, 3.63) is 0 Å². The van der Waals surface area contributed by atoms with Crippen molar-refractivity contribution < 1.29 is 13.6 Å². The van der Waals surface area contributed by atoms with E-state index in [-0.39, 0.29) is 6.42 Å². The van der Waals surface area contributed by atoms with E-state index in [9.17, 15) is 13.6 Å². The average Bonchev–Trinajstić information content (AvgIpc) is 1.97. The number of nitrogens with one attached hydrogen (secondary N) is 1. The third kappa shape index (κ3) is 3.49. The second kappa shape index (κ2) is 4.21. The van der Waals surface area contributed by atoms with Crippen LogP contribution in [-0.4, -0.2) is 17.3 Å². The molecule has 0 aromatic rings. The summed E-state index contributed by atoms with van der Waals surface area (Å²) in [6.07, 6.45) is 0.259. The molecule has 6 heteroatoms. The zero-order chi connectivity index (χ0) is 9.78. The Balaban J connectivity index is 4.11. The summed E-state index contributed by atoms with van der Waals surface area (Å²) < 4.78 is 24.0. The Hall–Kier alpha value is -0.890. The number of hydrogen-bond acceptors (Lipinski definition) is 2. The SMILES string of the molecule is CC[C@@H](C#N)NC(=O)C(F)(F)Cl. The normalized spacial score (nSPS) is 13.2. The summed E-state index contributed by atoms with van der Waals surface area (Å²) in [6, 6.07) is 0.716. The Morgan fingerprint density at radius 3 is 2.58 bits per heavy atom. The Morgan fingerprint density at radius 1 is 1.83 bits per heavy atom. The summed E-state index contributed by atoms with van der Waals surface area (Å²) in [6.45, 7) is 1.58. The van der Waals surface area contributed by atoms with E-state index < -0.39 is 17.3 Å². The molecular formula is C6H7ClF2N2O. The van der Waals surface area contributed by atoms with Crippen LogP contribution in [0.1, 0.15) is 13.3 Å². The van der Waals surface area contributed by atoms with E-state index in [1.165, 1.54) is 0 Å². The van der Waals surface area contributed by atoms with Crippen molar-refractivity contribution in [1.29, 1.82) is 5.26 Å². The van der Waals surface area contributed by atoms with Crippen LogP contribution in [0.3, 0.4) is 0 Å². The van der Waals surface area contributed by atoms with Crippen molar-refractivity contribution >= 4 is 17.5 Å². The molecular weight excluding hydrogens is 190 g/mol. The fourth-order valence-corrected chi connectivity index (χ4v) is 0.520. The summed E-state index contributed by atoms with van der Waals surface area (Å²) in [4.78, 5) is 10.4. The minimum atomic E-state index is -3.94. The van der Waals surface area contributed by atoms with Crippen molar-refractivity contribution in [3.8, 4) is 6.07 Å². The molecule has 0 spiro atoms. The Kier molecular flexibility index (Phi) is 3.90. The van der Waals surface area contributed by atoms with Crippen LogP contribution in [0, 0.1) is 11.3 Å². The molecule has 12 heavy (non-hydrogen) atoms. The minimum Gasteiger partial charge on any atom is -0.334 e. The molecule has 0 aliphatic heterocycles. The molecule has 3 nitrogen and oxygen atoms in total. The molecule has 1 atom stereocenters. The van der Waals surface area contributed by atoms with Crippen molar-refractivity contribution in [3.63, 3.8) is 0 Å². The highest BCUT2D eigenvalue weighted by atomic mass is 35.5. The zero-order valence-corrected chi connectivity index (χ0v) is 7.03. The average molecular weight is 197 g/mol. The van der Waals surface area contributed by atoms with E-state index in [0.29, 0.717) is 0 Å². The fraction of sp³-hybridized carbons (Fsp3) is 0.667. The van der Waals surface area contributed by atoms with Crippen LogP contribution in [0.4, 0.5) is 8.78 Å². The molecule has 0 saturated heterocycles. The van der Waals surface area contributed by atoms with E-state index in [2.05, 4.69) is 11.6 Å². The smallest absolute Gasteiger partial charge is 0.334 e. The number of nitrogens with zero attached hydrogens (tertiary/aromatic N) is 1. The van der Waals surface area contributed by atoms with Gasteiger partial charge >= 0.3 is 11.3 Å². The first-order valence-corrected chi connectivity index (χ1v) is 3.57. The number of rotatable bonds is 3. The molecule has 0 aliphatic carbocycles. The molecule has 0 fully saturated rings. The van der Waals surface area contributed by atoms with Crippen molar-refractivity contribution in [1.82, 2.24) is 5.32 Å². The number of hydrogen-bond donors (Lipinski definition) is 1. The van der Waals surface area contributed by atoms with Crippen LogP contribution >= 0.6 is 11.6 Å². The maximum absolute atomic E-state index is 12.0. The van der Waals surface area contributed by atoms with Crippen LogP contribution in [0.5, 0.6) is 0 Å². The molecule has 0 aromatic heterocycles. The van der Waals surface area contributed by atoms with Gasteiger partial charge in [-0.15, -0.1) is 0 Å². The molecule has 1 N–H and O–H groups in total. The summed E-state index contributed by atoms with van der Waals surface area (Å²) in [5.41, 5.74) is 0. The van der Waals surface area contributed by atoms with Crippen LogP contribution in [0.15, 0.2) is 0 Å². The van der Waals surface area contributed by atoms with Gasteiger partial charge in [0, 0.05) is 0 Å². The minimum absolute atomic E-state index is 0.259. The highest BCUT2D eigenvalue weighted by Gasteiger charge is 2.36. The third-order valence-electron chi connectivity index (χ3n) is 1.13. The van der Waals surface area contributed by atoms with Gasteiger partial charge in [-0.2, -0.15) is 14.0 Å². The standard InChI is InChI=1S/C6H7ClF2N2O/c1-2-4(3-10)11-5(12)6(7,8)9/h4H,2H2,1H3,(H,11,12)/t4-/m0/s1. The summed E-state index contributed by atoms with van der Waals surface area (Å²) in [5.74, 6) is -1.64. The van der Waals surface area contributed by atoms with E-state index in [1.807, 2.05) is 0 Å². The second-order valence-electron chi connectivity index (χ2n) is 2.06. The number of carbonyl (C=O) groups is 1. The molecule has 0 unspecified atom stereocenters. The van der Waals surface area contributed by atoms with Gasteiger partial charge in [-0.25, -0.2) is 0 Å². The van der Waals surface area contributed by atoms with Crippen LogP contribution in [0.2, 0.25) is 0 Å². The number of halogens is 3. The topological polar surface area (TPSA) is 52.9 Å². The summed E-state index contributed by atoms with van der Waals surface area (Å²) in [5, 5.41) is 6.12. The summed E-state index contributed by atoms with van der Waals surface area (Å²) in [7, 11) is 0. The molecule has 1 amide bonds. The Labute approximate surface area is 73.3 Å². The molecule has 68 valence electrons. The molecule has 0 heterocycles. The monoisotopic (exact) mass is 196 g/mol. The quantitative estimate of drug-likeness (QED) is 0.691. The molecule has 0 saturated carbocycles. The molecule has 0 radical (unpaired) electrons. The molecule has 0 aromatic carbocycles. The first-order valence-electron chi connectivity index (χ1n) is 3.19. The number of carbonyl (C=O) groups excluding carboxylic acids is 1. The lowest BCUT2D eigenvalue weighted by atomic mass is 10.2. The van der Waals surface area contributed by atoms with Gasteiger partial charge in [0.2, 0.25) is 0 Å². The molecule has 0 bridgehead atoms. The fourth-order valence-electron chi connectivity index (χ4n) is 0.466. The van der Waals surface area contributed by atoms with Gasteiger partial charge in [-0.1, -0.05) is 6.92 Å². The van der Waals surface area contributed by atoms with E-state index >= 15 is 0 Å². The molecule has 0 rings (SSSR count). The summed E-state index contributed by atoms with van der Waals surface area (Å²) >= 11 is 4.39. The van der Waals surface area contributed by atoms with Gasteiger partial charge in [0.15, 0.2) is 0 Å². The first-order chi connectivity index (χ1) is 5.41. The number of amides is 1. The highest BCUT2D eigenvalue weighted by Crippen LogP contribution is 2.18. The highest BCUT2D eigenvalue weighted by molar-refractivity contribution is 6.32. The lowest BCUT2D eigenvalue weighted by molar-refractivity contribution is -0.136. The Morgan fingerprint density at radius 2 is 2.33 bits per heavy atom. The number of alkyl halides is 3. The van der Waals surface area contributed by atoms with E-state index in [4.69, 9.17) is 5.26 Å². The Bertz CT molecular complexity index is 209. The first kappa shape index (κ1) is 11.1. The van der Waals surface area contributed by atoms with E-state index in [0.717, 1.165) is 0 Å². The molecule has 0 aliphatic rings. The van der Waals surface area contributed by atoms with Crippen molar-refractivity contribution in [2.75, 3.05) is 0 Å². The maximum Gasteiger partial charge on any atom is 0.399 e. The van der Waals surface area contributed by atoms with Crippen LogP contribution in [0.25, 0.3) is 0 Å².